The van der Waals surface area contributed by atoms with Gasteiger partial charge in [0.15, 0.2) is 11.3 Å². The number of nitrogens with one attached hydrogen (secondary N) is 1. The van der Waals surface area contributed by atoms with E-state index in [-0.39, 0.29) is 17.9 Å². The van der Waals surface area contributed by atoms with Crippen LogP contribution in [0.1, 0.15) is 37.2 Å². The van der Waals surface area contributed by atoms with Gasteiger partial charge < -0.3 is 14.9 Å². The van der Waals surface area contributed by atoms with Crippen molar-refractivity contribution in [1.29, 1.82) is 0 Å². The molecule has 0 aliphatic carbocycles. The number of hydrogen-bond acceptors (Lipinski definition) is 4. The van der Waals surface area contributed by atoms with Crippen LogP contribution in [0.25, 0.3) is 11.0 Å². The first-order valence-corrected chi connectivity index (χ1v) is 6.77. The maximum atomic E-state index is 12.0. The van der Waals surface area contributed by atoms with Crippen molar-refractivity contribution in [3.63, 3.8) is 0 Å². The molecule has 5 nitrogen and oxygen atoms in total. The first kappa shape index (κ1) is 14.5. The van der Waals surface area contributed by atoms with Gasteiger partial charge >= 0.3 is 0 Å². The molecule has 108 valence electrons. The number of hydrogen-bond donors (Lipinski definition) is 2. The number of carbonyl (C=O) groups excluding carboxylic acids is 1. The Bertz CT molecular complexity index is 590. The second-order valence-electron chi connectivity index (χ2n) is 5.71. The number of amides is 1. The maximum Gasteiger partial charge on any atom is 0.274 e. The summed E-state index contributed by atoms with van der Waals surface area (Å²) < 4.78 is 5.10. The van der Waals surface area contributed by atoms with E-state index >= 15 is 0 Å². The number of aliphatic hydroxyl groups is 1. The van der Waals surface area contributed by atoms with Gasteiger partial charge in [-0.3, -0.25) is 4.79 Å². The Hall–Kier alpha value is -1.88. The fraction of sp³-hybridized carbons (Fsp3) is 0.467. The molecule has 1 aromatic heterocycles. The molecule has 0 saturated carbocycles. The Morgan fingerprint density at radius 3 is 2.90 bits per heavy atom. The Labute approximate surface area is 118 Å². The number of para-hydroxylation sites is 1. The highest BCUT2D eigenvalue weighted by Gasteiger charge is 2.17. The lowest BCUT2D eigenvalue weighted by atomic mass is 9.89. The van der Waals surface area contributed by atoms with Crippen LogP contribution in [-0.2, 0) is 0 Å². The fourth-order valence-electron chi connectivity index (χ4n) is 1.98. The van der Waals surface area contributed by atoms with Gasteiger partial charge in [0.05, 0.1) is 5.39 Å². The van der Waals surface area contributed by atoms with E-state index in [0.29, 0.717) is 17.8 Å². The minimum Gasteiger partial charge on any atom is -0.396 e. The summed E-state index contributed by atoms with van der Waals surface area (Å²) in [5.74, 6) is -0.225. The van der Waals surface area contributed by atoms with Gasteiger partial charge in [0, 0.05) is 13.2 Å². The number of benzene rings is 1. The summed E-state index contributed by atoms with van der Waals surface area (Å²) in [5.41, 5.74) is 0.826. The van der Waals surface area contributed by atoms with Crippen LogP contribution < -0.4 is 5.32 Å². The minimum absolute atomic E-state index is 0.106. The molecule has 5 heteroatoms. The van der Waals surface area contributed by atoms with E-state index in [1.165, 1.54) is 0 Å². The molecule has 0 unspecified atom stereocenters. The van der Waals surface area contributed by atoms with Crippen LogP contribution in [0.2, 0.25) is 0 Å². The second kappa shape index (κ2) is 6.05. The van der Waals surface area contributed by atoms with Crippen LogP contribution in [0.5, 0.6) is 0 Å². The lowest BCUT2D eigenvalue weighted by Gasteiger charge is -2.21. The zero-order valence-electron chi connectivity index (χ0n) is 11.8. The summed E-state index contributed by atoms with van der Waals surface area (Å²) in [6.07, 6.45) is 1.67. The zero-order chi connectivity index (χ0) is 14.6. The van der Waals surface area contributed by atoms with Crippen molar-refractivity contribution in [2.75, 3.05) is 13.2 Å². The van der Waals surface area contributed by atoms with Gasteiger partial charge in [-0.25, -0.2) is 0 Å². The number of nitrogens with zero attached hydrogens (tertiary/aromatic N) is 1. The van der Waals surface area contributed by atoms with Gasteiger partial charge in [0.25, 0.3) is 5.91 Å². The highest BCUT2D eigenvalue weighted by atomic mass is 16.5. The Kier molecular flexibility index (Phi) is 4.39. The van der Waals surface area contributed by atoms with Crippen molar-refractivity contribution in [2.45, 2.75) is 26.7 Å². The summed E-state index contributed by atoms with van der Waals surface area (Å²) in [4.78, 5) is 12.0. The highest BCUT2D eigenvalue weighted by molar-refractivity contribution is 6.03. The molecule has 0 fully saturated rings. The lowest BCUT2D eigenvalue weighted by molar-refractivity contribution is 0.0941. The molecule has 2 aromatic rings. The molecule has 0 spiro atoms. The smallest absolute Gasteiger partial charge is 0.274 e. The molecule has 1 aromatic carbocycles. The normalized spacial score (nSPS) is 11.8. The van der Waals surface area contributed by atoms with Crippen molar-refractivity contribution < 1.29 is 14.4 Å². The monoisotopic (exact) mass is 276 g/mol. The van der Waals surface area contributed by atoms with Crippen molar-refractivity contribution in [3.05, 3.63) is 30.0 Å². The van der Waals surface area contributed by atoms with E-state index in [1.807, 2.05) is 32.0 Å². The van der Waals surface area contributed by atoms with Crippen LogP contribution in [0.3, 0.4) is 0 Å². The number of aromatic nitrogens is 1. The minimum atomic E-state index is -0.225. The average molecular weight is 276 g/mol. The third-order valence-electron chi connectivity index (χ3n) is 3.34. The quantitative estimate of drug-likeness (QED) is 0.794. The van der Waals surface area contributed by atoms with Gasteiger partial charge in [0.1, 0.15) is 0 Å². The molecule has 0 atom stereocenters. The van der Waals surface area contributed by atoms with E-state index in [9.17, 15) is 4.79 Å². The van der Waals surface area contributed by atoms with Crippen LogP contribution in [0.15, 0.2) is 28.8 Å². The molecule has 1 heterocycles. The Balaban J connectivity index is 1.90. The molecule has 2 N–H and O–H groups in total. The van der Waals surface area contributed by atoms with E-state index in [4.69, 9.17) is 9.63 Å². The Morgan fingerprint density at radius 2 is 2.15 bits per heavy atom. The zero-order valence-corrected chi connectivity index (χ0v) is 11.8. The first-order valence-electron chi connectivity index (χ1n) is 6.77. The van der Waals surface area contributed by atoms with Crippen molar-refractivity contribution in [1.82, 2.24) is 10.5 Å². The van der Waals surface area contributed by atoms with Crippen molar-refractivity contribution in [3.8, 4) is 0 Å². The fourth-order valence-corrected chi connectivity index (χ4v) is 1.98. The summed E-state index contributed by atoms with van der Waals surface area (Å²) in [7, 11) is 0. The number of rotatable bonds is 6. The van der Waals surface area contributed by atoms with Gasteiger partial charge in [-0.05, 0) is 30.4 Å². The molecule has 0 bridgehead atoms. The van der Waals surface area contributed by atoms with Gasteiger partial charge in [-0.1, -0.05) is 31.1 Å². The van der Waals surface area contributed by atoms with Crippen LogP contribution in [0, 0.1) is 5.41 Å². The molecular formula is C15H20N2O3. The van der Waals surface area contributed by atoms with E-state index in [0.717, 1.165) is 18.2 Å². The molecule has 2 rings (SSSR count). The van der Waals surface area contributed by atoms with Crippen LogP contribution in [-0.4, -0.2) is 29.3 Å². The standard InChI is InChI=1S/C15H20N2O3/c1-15(2,10-18)8-5-9-16-14(19)13-11-6-3-4-7-12(11)20-17-13/h3-4,6-7,18H,5,8-10H2,1-2H3,(H,16,19). The summed E-state index contributed by atoms with van der Waals surface area (Å²) in [5, 5.41) is 16.5. The summed E-state index contributed by atoms with van der Waals surface area (Å²) in [6, 6.07) is 7.28. The maximum absolute atomic E-state index is 12.0. The number of carbonyl (C=O) groups is 1. The van der Waals surface area contributed by atoms with Gasteiger partial charge in [-0.2, -0.15) is 0 Å². The van der Waals surface area contributed by atoms with E-state index < -0.39 is 0 Å². The van der Waals surface area contributed by atoms with Crippen molar-refractivity contribution >= 4 is 16.9 Å². The van der Waals surface area contributed by atoms with E-state index in [1.54, 1.807) is 6.07 Å². The topological polar surface area (TPSA) is 75.4 Å². The van der Waals surface area contributed by atoms with Gasteiger partial charge in [0.2, 0.25) is 0 Å². The van der Waals surface area contributed by atoms with Crippen LogP contribution >= 0.6 is 0 Å². The predicted molar refractivity (Wildman–Crippen MR) is 76.4 cm³/mol. The highest BCUT2D eigenvalue weighted by Crippen LogP contribution is 2.21. The Morgan fingerprint density at radius 1 is 1.40 bits per heavy atom. The lowest BCUT2D eigenvalue weighted by Crippen LogP contribution is -2.26. The molecule has 0 saturated heterocycles. The third-order valence-corrected chi connectivity index (χ3v) is 3.34. The molecular weight excluding hydrogens is 256 g/mol. The average Bonchev–Trinajstić information content (AvgIpc) is 2.87. The first-order chi connectivity index (χ1) is 9.53. The largest absolute Gasteiger partial charge is 0.396 e. The van der Waals surface area contributed by atoms with Gasteiger partial charge in [-0.15, -0.1) is 0 Å². The molecule has 0 aliphatic heterocycles. The second-order valence-corrected chi connectivity index (χ2v) is 5.71. The SMILES string of the molecule is CC(C)(CO)CCCNC(=O)c1noc2ccccc12. The molecule has 20 heavy (non-hydrogen) atoms. The van der Waals surface area contributed by atoms with Crippen LogP contribution in [0.4, 0.5) is 0 Å². The predicted octanol–water partition coefficient (Wildman–Crippen LogP) is 2.36. The molecule has 0 aliphatic rings. The van der Waals surface area contributed by atoms with Crippen molar-refractivity contribution in [2.24, 2.45) is 5.41 Å². The number of fused-ring (bicyclic) bond motifs is 1. The third kappa shape index (κ3) is 3.36. The molecule has 0 radical (unpaired) electrons. The number of aliphatic hydroxyl groups excluding tert-OH is 1. The van der Waals surface area contributed by atoms with E-state index in [2.05, 4.69) is 10.5 Å². The summed E-state index contributed by atoms with van der Waals surface area (Å²) >= 11 is 0. The summed E-state index contributed by atoms with van der Waals surface area (Å²) in [6.45, 7) is 4.71. The molecule has 1 amide bonds.